The summed E-state index contributed by atoms with van der Waals surface area (Å²) in [4.78, 5) is 10.9. The maximum atomic E-state index is 11.0. The highest BCUT2D eigenvalue weighted by Gasteiger charge is 2.12. The topological polar surface area (TPSA) is 56.1 Å². The molecule has 0 saturated heterocycles. The Hall–Kier alpha value is -1.10. The van der Waals surface area contributed by atoms with Gasteiger partial charge in [0.2, 0.25) is 10.0 Å². The maximum absolute atomic E-state index is 11.0. The summed E-state index contributed by atoms with van der Waals surface area (Å²) >= 11 is 0. The summed E-state index contributed by atoms with van der Waals surface area (Å²) in [5, 5.41) is 0. The normalized spacial score (nSPS) is 11.5. The van der Waals surface area contributed by atoms with Crippen LogP contribution in [0.2, 0.25) is 0 Å². The van der Waals surface area contributed by atoms with Crippen LogP contribution in [-0.4, -0.2) is 24.4 Å². The molecule has 12 heavy (non-hydrogen) atoms. The van der Waals surface area contributed by atoms with Crippen molar-refractivity contribution in [3.8, 4) is 0 Å². The summed E-state index contributed by atoms with van der Waals surface area (Å²) in [7, 11) is -3.34. The predicted molar refractivity (Wildman–Crippen MR) is 44.7 cm³/mol. The quantitative estimate of drug-likeness (QED) is 0.633. The minimum Gasteiger partial charge on any atom is -0.293 e. The summed E-state index contributed by atoms with van der Waals surface area (Å²) in [6, 6.07) is 3.00. The van der Waals surface area contributed by atoms with E-state index >= 15 is 0 Å². The van der Waals surface area contributed by atoms with Crippen LogP contribution in [0.5, 0.6) is 0 Å². The van der Waals surface area contributed by atoms with E-state index in [1.807, 2.05) is 0 Å². The van der Waals surface area contributed by atoms with Gasteiger partial charge in [0.25, 0.3) is 0 Å². The van der Waals surface area contributed by atoms with E-state index in [4.69, 9.17) is 0 Å². The molecule has 1 aromatic heterocycles. The third-order valence-electron chi connectivity index (χ3n) is 1.43. The van der Waals surface area contributed by atoms with Crippen LogP contribution < -0.4 is 0 Å². The lowest BCUT2D eigenvalue weighted by molar-refractivity contribution is 0.101. The minimum atomic E-state index is -3.34. The van der Waals surface area contributed by atoms with E-state index in [-0.39, 0.29) is 11.5 Å². The highest BCUT2D eigenvalue weighted by molar-refractivity contribution is 7.89. The first-order valence-electron chi connectivity index (χ1n) is 3.32. The average Bonchev–Trinajstić information content (AvgIpc) is 2.30. The minimum absolute atomic E-state index is 0.192. The molecule has 0 fully saturated rings. The van der Waals surface area contributed by atoms with Crippen molar-refractivity contribution in [2.24, 2.45) is 0 Å². The zero-order chi connectivity index (χ0) is 9.35. The zero-order valence-electron chi connectivity index (χ0n) is 6.81. The molecule has 0 aliphatic rings. The molecule has 1 heterocycles. The molecule has 4 nitrogen and oxygen atoms in total. The molecule has 0 radical (unpaired) electrons. The summed E-state index contributed by atoms with van der Waals surface area (Å²) < 4.78 is 23.0. The van der Waals surface area contributed by atoms with Gasteiger partial charge >= 0.3 is 0 Å². The number of hydrogen-bond donors (Lipinski definition) is 0. The highest BCUT2D eigenvalue weighted by Crippen LogP contribution is 2.05. The first-order chi connectivity index (χ1) is 5.43. The van der Waals surface area contributed by atoms with Gasteiger partial charge in [-0.2, -0.15) is 0 Å². The van der Waals surface area contributed by atoms with Crippen molar-refractivity contribution < 1.29 is 13.2 Å². The van der Waals surface area contributed by atoms with Gasteiger partial charge in [0.1, 0.15) is 0 Å². The summed E-state index contributed by atoms with van der Waals surface area (Å²) in [6.07, 6.45) is 2.41. The van der Waals surface area contributed by atoms with E-state index in [1.54, 1.807) is 0 Å². The van der Waals surface area contributed by atoms with Crippen LogP contribution >= 0.6 is 0 Å². The molecule has 0 amide bonds. The second kappa shape index (κ2) is 2.75. The van der Waals surface area contributed by atoms with Crippen molar-refractivity contribution in [2.45, 2.75) is 6.92 Å². The van der Waals surface area contributed by atoms with Crippen LogP contribution in [0.4, 0.5) is 0 Å². The molecule has 5 heteroatoms. The summed E-state index contributed by atoms with van der Waals surface area (Å²) in [5.74, 6) is -0.259. The van der Waals surface area contributed by atoms with Crippen LogP contribution in [0.15, 0.2) is 18.3 Å². The molecule has 0 spiro atoms. The molecule has 0 N–H and O–H groups in total. The van der Waals surface area contributed by atoms with E-state index in [9.17, 15) is 13.2 Å². The Bertz CT molecular complexity index is 402. The number of carbonyl (C=O) groups excluding carboxylic acids is 1. The Morgan fingerprint density at radius 1 is 1.50 bits per heavy atom. The fourth-order valence-electron chi connectivity index (χ4n) is 0.928. The molecule has 1 rings (SSSR count). The summed E-state index contributed by atoms with van der Waals surface area (Å²) in [6.45, 7) is 1.33. The number of nitrogens with zero attached hydrogens (tertiary/aromatic N) is 1. The SMILES string of the molecule is CC(=O)c1cccn1S(C)(=O)=O. The van der Waals surface area contributed by atoms with Crippen molar-refractivity contribution in [1.82, 2.24) is 3.97 Å². The fraction of sp³-hybridized carbons (Fsp3) is 0.286. The van der Waals surface area contributed by atoms with E-state index < -0.39 is 10.0 Å². The number of hydrogen-bond acceptors (Lipinski definition) is 3. The Balaban J connectivity index is 3.36. The van der Waals surface area contributed by atoms with Gasteiger partial charge in [-0.1, -0.05) is 0 Å². The van der Waals surface area contributed by atoms with Crippen molar-refractivity contribution in [2.75, 3.05) is 6.26 Å². The standard InChI is InChI=1S/C7H9NO3S/c1-6(9)7-4-3-5-8(7)12(2,10)11/h3-5H,1-2H3. The molecule has 0 bridgehead atoms. The van der Waals surface area contributed by atoms with Gasteiger partial charge in [-0.05, 0) is 12.1 Å². The molecule has 1 aromatic rings. The fourth-order valence-corrected chi connectivity index (χ4v) is 1.77. The van der Waals surface area contributed by atoms with Crippen molar-refractivity contribution in [1.29, 1.82) is 0 Å². The Morgan fingerprint density at radius 2 is 2.08 bits per heavy atom. The van der Waals surface area contributed by atoms with Gasteiger partial charge in [-0.25, -0.2) is 12.4 Å². The van der Waals surface area contributed by atoms with Crippen LogP contribution in [0, 0.1) is 0 Å². The lowest BCUT2D eigenvalue weighted by Crippen LogP contribution is -2.14. The molecule has 0 atom stereocenters. The van der Waals surface area contributed by atoms with Crippen molar-refractivity contribution in [3.63, 3.8) is 0 Å². The van der Waals surface area contributed by atoms with E-state index in [2.05, 4.69) is 0 Å². The average molecular weight is 187 g/mol. The Kier molecular flexibility index (Phi) is 2.06. The molecule has 0 aliphatic carbocycles. The third kappa shape index (κ3) is 1.55. The van der Waals surface area contributed by atoms with Gasteiger partial charge < -0.3 is 0 Å². The predicted octanol–water partition coefficient (Wildman–Crippen LogP) is 0.498. The lowest BCUT2D eigenvalue weighted by Gasteiger charge is -2.02. The largest absolute Gasteiger partial charge is 0.293 e. The lowest BCUT2D eigenvalue weighted by atomic mass is 10.3. The summed E-state index contributed by atoms with van der Waals surface area (Å²) in [5.41, 5.74) is 0.192. The third-order valence-corrected chi connectivity index (χ3v) is 2.46. The number of rotatable bonds is 2. The zero-order valence-corrected chi connectivity index (χ0v) is 7.63. The highest BCUT2D eigenvalue weighted by atomic mass is 32.2. The first-order valence-corrected chi connectivity index (χ1v) is 5.16. The molecule has 66 valence electrons. The van der Waals surface area contributed by atoms with Gasteiger partial charge in [0.15, 0.2) is 5.78 Å². The molecule has 0 aliphatic heterocycles. The Labute approximate surface area is 70.9 Å². The number of carbonyl (C=O) groups is 1. The van der Waals surface area contributed by atoms with Crippen LogP contribution in [0.3, 0.4) is 0 Å². The molecule has 0 saturated carbocycles. The van der Waals surface area contributed by atoms with Crippen LogP contribution in [0.25, 0.3) is 0 Å². The second-order valence-electron chi connectivity index (χ2n) is 2.51. The number of ketones is 1. The van der Waals surface area contributed by atoms with Crippen molar-refractivity contribution in [3.05, 3.63) is 24.0 Å². The van der Waals surface area contributed by atoms with Gasteiger partial charge in [0, 0.05) is 13.1 Å². The van der Waals surface area contributed by atoms with E-state index in [0.717, 1.165) is 10.2 Å². The maximum Gasteiger partial charge on any atom is 0.236 e. The van der Waals surface area contributed by atoms with Crippen molar-refractivity contribution >= 4 is 15.8 Å². The number of aromatic nitrogens is 1. The number of Topliss-reactive ketones (excluding diaryl/α,β-unsaturated/α-hetero) is 1. The smallest absolute Gasteiger partial charge is 0.236 e. The molecular formula is C7H9NO3S. The Morgan fingerprint density at radius 3 is 2.42 bits per heavy atom. The molecule has 0 aromatic carbocycles. The van der Waals surface area contributed by atoms with Gasteiger partial charge in [-0.15, -0.1) is 0 Å². The second-order valence-corrected chi connectivity index (χ2v) is 4.37. The van der Waals surface area contributed by atoms with E-state index in [0.29, 0.717) is 0 Å². The van der Waals surface area contributed by atoms with E-state index in [1.165, 1.54) is 25.3 Å². The molecule has 0 unspecified atom stereocenters. The monoisotopic (exact) mass is 187 g/mol. The first kappa shape index (κ1) is 8.99. The molecular weight excluding hydrogens is 178 g/mol. The van der Waals surface area contributed by atoms with Crippen LogP contribution in [0.1, 0.15) is 17.4 Å². The van der Waals surface area contributed by atoms with Crippen LogP contribution in [-0.2, 0) is 10.0 Å². The van der Waals surface area contributed by atoms with Gasteiger partial charge in [0.05, 0.1) is 11.9 Å². The van der Waals surface area contributed by atoms with Gasteiger partial charge in [-0.3, -0.25) is 4.79 Å².